The number of anilines is 1. The SMILES string of the molecule is O=C(CCC(=O)OCCCCCCSc1ccc([N+](=O)[O-])c2nonc12)Nc1ccc(F)c(Cl)c1. The van der Waals surface area contributed by atoms with Crippen LogP contribution in [0.4, 0.5) is 15.8 Å². The number of nitrogens with one attached hydrogen (secondary N) is 1. The Bertz CT molecular complexity index is 1210. The van der Waals surface area contributed by atoms with Crippen molar-refractivity contribution in [2.24, 2.45) is 0 Å². The summed E-state index contributed by atoms with van der Waals surface area (Å²) in [5, 5.41) is 20.9. The van der Waals surface area contributed by atoms with E-state index in [-0.39, 0.29) is 35.7 Å². The third-order valence-corrected chi connectivity index (χ3v) is 6.30. The number of unbranched alkanes of at least 4 members (excludes halogenated alkanes) is 3. The maximum absolute atomic E-state index is 13.1. The van der Waals surface area contributed by atoms with Crippen LogP contribution in [0, 0.1) is 15.9 Å². The molecule has 186 valence electrons. The molecule has 35 heavy (non-hydrogen) atoms. The molecule has 0 fully saturated rings. The number of thioether (sulfide) groups is 1. The summed E-state index contributed by atoms with van der Waals surface area (Å²) < 4.78 is 22.9. The molecule has 0 saturated carbocycles. The molecule has 0 atom stereocenters. The number of amides is 1. The van der Waals surface area contributed by atoms with Crippen molar-refractivity contribution >= 4 is 57.6 Å². The lowest BCUT2D eigenvalue weighted by Gasteiger charge is -2.07. The minimum atomic E-state index is -0.581. The summed E-state index contributed by atoms with van der Waals surface area (Å²) in [4.78, 5) is 35.0. The summed E-state index contributed by atoms with van der Waals surface area (Å²) in [5.74, 6) is -0.652. The number of carbonyl (C=O) groups is 2. The van der Waals surface area contributed by atoms with Crippen LogP contribution in [0.5, 0.6) is 0 Å². The molecule has 0 saturated heterocycles. The maximum atomic E-state index is 13.1. The van der Waals surface area contributed by atoms with Gasteiger partial charge >= 0.3 is 11.7 Å². The van der Waals surface area contributed by atoms with Gasteiger partial charge in [0.05, 0.1) is 23.0 Å². The highest BCUT2D eigenvalue weighted by molar-refractivity contribution is 7.99. The topological polar surface area (TPSA) is 137 Å². The molecule has 0 unspecified atom stereocenters. The van der Waals surface area contributed by atoms with Crippen LogP contribution in [0.2, 0.25) is 5.02 Å². The molecule has 2 aromatic carbocycles. The van der Waals surface area contributed by atoms with E-state index in [9.17, 15) is 24.1 Å². The zero-order valence-electron chi connectivity index (χ0n) is 18.5. The van der Waals surface area contributed by atoms with Crippen molar-refractivity contribution in [2.75, 3.05) is 17.7 Å². The summed E-state index contributed by atoms with van der Waals surface area (Å²) in [6.07, 6.45) is 3.27. The smallest absolute Gasteiger partial charge is 0.306 e. The second-order valence-corrected chi connectivity index (χ2v) is 9.01. The Morgan fingerprint density at radius 1 is 1.11 bits per heavy atom. The number of rotatable bonds is 13. The van der Waals surface area contributed by atoms with Gasteiger partial charge in [-0.15, -0.1) is 11.8 Å². The molecule has 3 rings (SSSR count). The molecule has 10 nitrogen and oxygen atoms in total. The van der Waals surface area contributed by atoms with Gasteiger partial charge < -0.3 is 10.1 Å². The molecule has 0 aliphatic heterocycles. The lowest BCUT2D eigenvalue weighted by atomic mass is 10.2. The van der Waals surface area contributed by atoms with E-state index in [1.54, 1.807) is 6.07 Å². The van der Waals surface area contributed by atoms with Gasteiger partial charge in [-0.2, -0.15) is 0 Å². The third-order valence-electron chi connectivity index (χ3n) is 4.87. The van der Waals surface area contributed by atoms with Gasteiger partial charge in [-0.25, -0.2) is 9.02 Å². The van der Waals surface area contributed by atoms with Crippen LogP contribution in [-0.2, 0) is 14.3 Å². The lowest BCUT2D eigenvalue weighted by molar-refractivity contribution is -0.383. The van der Waals surface area contributed by atoms with Crippen molar-refractivity contribution < 1.29 is 28.3 Å². The van der Waals surface area contributed by atoms with Crippen LogP contribution in [0.3, 0.4) is 0 Å². The maximum Gasteiger partial charge on any atom is 0.306 e. The Hall–Kier alpha value is -3.25. The highest BCUT2D eigenvalue weighted by atomic mass is 35.5. The Labute approximate surface area is 208 Å². The Morgan fingerprint density at radius 3 is 2.66 bits per heavy atom. The number of benzene rings is 2. The van der Waals surface area contributed by atoms with Crippen LogP contribution in [0.1, 0.15) is 38.5 Å². The van der Waals surface area contributed by atoms with Crippen LogP contribution in [0.25, 0.3) is 11.0 Å². The van der Waals surface area contributed by atoms with Crippen molar-refractivity contribution in [3.63, 3.8) is 0 Å². The second kappa shape index (κ2) is 13.0. The van der Waals surface area contributed by atoms with E-state index in [1.807, 2.05) is 0 Å². The van der Waals surface area contributed by atoms with Gasteiger partial charge in [0.1, 0.15) is 5.82 Å². The second-order valence-electron chi connectivity index (χ2n) is 7.46. The number of carbonyl (C=O) groups excluding carboxylic acids is 2. The minimum absolute atomic E-state index is 0.0536. The number of ether oxygens (including phenoxy) is 1. The van der Waals surface area contributed by atoms with E-state index < -0.39 is 22.6 Å². The van der Waals surface area contributed by atoms with E-state index in [1.165, 1.54) is 30.0 Å². The molecule has 1 heterocycles. The summed E-state index contributed by atoms with van der Waals surface area (Å²) in [6, 6.07) is 6.86. The summed E-state index contributed by atoms with van der Waals surface area (Å²) >= 11 is 7.19. The molecular formula is C22H22ClFN4O6S. The van der Waals surface area contributed by atoms with E-state index >= 15 is 0 Å². The van der Waals surface area contributed by atoms with Crippen LogP contribution in [0.15, 0.2) is 39.9 Å². The first-order valence-corrected chi connectivity index (χ1v) is 12.1. The van der Waals surface area contributed by atoms with Crippen molar-refractivity contribution in [3.05, 3.63) is 51.3 Å². The zero-order valence-corrected chi connectivity index (χ0v) is 20.1. The van der Waals surface area contributed by atoms with Gasteiger partial charge in [-0.1, -0.05) is 24.4 Å². The highest BCUT2D eigenvalue weighted by Crippen LogP contribution is 2.32. The fourth-order valence-electron chi connectivity index (χ4n) is 3.11. The van der Waals surface area contributed by atoms with E-state index in [2.05, 4.69) is 20.3 Å². The molecule has 13 heteroatoms. The first-order valence-electron chi connectivity index (χ1n) is 10.8. The van der Waals surface area contributed by atoms with Gasteiger partial charge in [-0.3, -0.25) is 19.7 Å². The van der Waals surface area contributed by atoms with E-state index in [0.29, 0.717) is 17.6 Å². The van der Waals surface area contributed by atoms with Crippen LogP contribution in [-0.4, -0.2) is 39.5 Å². The Balaban J connectivity index is 1.24. The molecule has 1 amide bonds. The predicted octanol–water partition coefficient (Wildman–Crippen LogP) is 5.54. The molecule has 1 N–H and O–H groups in total. The number of fused-ring (bicyclic) bond motifs is 1. The fourth-order valence-corrected chi connectivity index (χ4v) is 4.29. The minimum Gasteiger partial charge on any atom is -0.466 e. The number of hydrogen-bond donors (Lipinski definition) is 1. The van der Waals surface area contributed by atoms with Crippen molar-refractivity contribution in [2.45, 2.75) is 43.4 Å². The average molecular weight is 525 g/mol. The van der Waals surface area contributed by atoms with Gasteiger partial charge in [0.2, 0.25) is 11.4 Å². The fraction of sp³-hybridized carbons (Fsp3) is 0.364. The van der Waals surface area contributed by atoms with Gasteiger partial charge in [0.25, 0.3) is 0 Å². The van der Waals surface area contributed by atoms with Crippen LogP contribution >= 0.6 is 23.4 Å². The molecule has 0 spiro atoms. The number of hydrogen-bond acceptors (Lipinski definition) is 9. The third kappa shape index (κ3) is 7.89. The molecule has 3 aromatic rings. The summed E-state index contributed by atoms with van der Waals surface area (Å²) in [5.41, 5.74) is 0.729. The quantitative estimate of drug-likeness (QED) is 0.100. The number of nitro groups is 1. The zero-order chi connectivity index (χ0) is 25.2. The highest BCUT2D eigenvalue weighted by Gasteiger charge is 2.19. The Morgan fingerprint density at radius 2 is 1.89 bits per heavy atom. The van der Waals surface area contributed by atoms with Crippen molar-refractivity contribution in [1.82, 2.24) is 10.3 Å². The van der Waals surface area contributed by atoms with Crippen molar-refractivity contribution in [1.29, 1.82) is 0 Å². The monoisotopic (exact) mass is 524 g/mol. The average Bonchev–Trinajstić information content (AvgIpc) is 3.32. The number of nitro benzene ring substituents is 1. The number of nitrogens with zero attached hydrogens (tertiary/aromatic N) is 3. The summed E-state index contributed by atoms with van der Waals surface area (Å²) in [6.45, 7) is 0.273. The normalized spacial score (nSPS) is 10.9. The Kier molecular flexibility index (Phi) is 9.79. The van der Waals surface area contributed by atoms with Crippen molar-refractivity contribution in [3.8, 4) is 0 Å². The lowest BCUT2D eigenvalue weighted by Crippen LogP contribution is -2.15. The summed E-state index contributed by atoms with van der Waals surface area (Å²) in [7, 11) is 0. The predicted molar refractivity (Wildman–Crippen MR) is 128 cm³/mol. The molecule has 0 aliphatic rings. The number of aromatic nitrogens is 2. The number of esters is 1. The van der Waals surface area contributed by atoms with Gasteiger partial charge in [0.15, 0.2) is 5.52 Å². The molecule has 0 aliphatic carbocycles. The largest absolute Gasteiger partial charge is 0.466 e. The standard InChI is InChI=1S/C22H22ClFN4O6S/c23-15-13-14(5-6-16(15)24)25-19(29)9-10-20(30)33-11-3-1-2-4-12-35-18-8-7-17(28(31)32)21-22(18)27-34-26-21/h5-8,13H,1-4,9-12H2,(H,25,29). The van der Waals surface area contributed by atoms with E-state index in [0.717, 1.165) is 36.0 Å². The molecular weight excluding hydrogens is 503 g/mol. The number of halogens is 2. The van der Waals surface area contributed by atoms with Gasteiger partial charge in [0, 0.05) is 23.1 Å². The van der Waals surface area contributed by atoms with Gasteiger partial charge in [-0.05, 0) is 53.2 Å². The molecule has 1 aromatic heterocycles. The number of non-ortho nitro benzene ring substituents is 1. The molecule has 0 radical (unpaired) electrons. The first kappa shape index (κ1) is 26.4. The first-order chi connectivity index (χ1) is 16.8. The molecule has 0 bridgehead atoms. The van der Waals surface area contributed by atoms with Crippen LogP contribution < -0.4 is 5.32 Å². The van der Waals surface area contributed by atoms with E-state index in [4.69, 9.17) is 16.3 Å².